The lowest BCUT2D eigenvalue weighted by Gasteiger charge is -2.20. The molecule has 5 nitrogen and oxygen atoms in total. The minimum absolute atomic E-state index is 0.0161. The van der Waals surface area contributed by atoms with Crippen LogP contribution in [0.2, 0.25) is 0 Å². The van der Waals surface area contributed by atoms with E-state index in [-0.39, 0.29) is 17.5 Å². The van der Waals surface area contributed by atoms with Crippen LogP contribution in [0.3, 0.4) is 0 Å². The van der Waals surface area contributed by atoms with Crippen molar-refractivity contribution < 1.29 is 14.7 Å². The smallest absolute Gasteiger partial charge is 0.354 e. The third-order valence-electron chi connectivity index (χ3n) is 3.49. The molecule has 0 bridgehead atoms. The van der Waals surface area contributed by atoms with E-state index in [4.69, 9.17) is 5.11 Å². The maximum absolute atomic E-state index is 11.9. The summed E-state index contributed by atoms with van der Waals surface area (Å²) in [4.78, 5) is 26.4. The van der Waals surface area contributed by atoms with E-state index in [2.05, 4.69) is 10.3 Å². The number of amides is 1. The van der Waals surface area contributed by atoms with Crippen LogP contribution in [0, 0.1) is 5.92 Å². The molecule has 1 aromatic heterocycles. The molecular formula is C14H18N2O3. The van der Waals surface area contributed by atoms with Crippen LogP contribution in [0.25, 0.3) is 0 Å². The quantitative estimate of drug-likeness (QED) is 0.869. The number of aromatic carboxylic acids is 1. The minimum Gasteiger partial charge on any atom is -0.477 e. The van der Waals surface area contributed by atoms with Gasteiger partial charge in [0.2, 0.25) is 5.91 Å². The second-order valence-electron chi connectivity index (χ2n) is 4.91. The van der Waals surface area contributed by atoms with Crippen LogP contribution < -0.4 is 5.32 Å². The summed E-state index contributed by atoms with van der Waals surface area (Å²) in [5.74, 6) is -0.806. The van der Waals surface area contributed by atoms with Gasteiger partial charge in [0.05, 0.1) is 0 Å². The van der Waals surface area contributed by atoms with Crippen LogP contribution in [0.15, 0.2) is 18.3 Å². The lowest BCUT2D eigenvalue weighted by atomic mass is 9.88. The normalized spacial score (nSPS) is 16.0. The fraction of sp³-hybridized carbons (Fsp3) is 0.500. The van der Waals surface area contributed by atoms with E-state index in [1.165, 1.54) is 18.7 Å². The average Bonchev–Trinajstić information content (AvgIpc) is 2.46. The van der Waals surface area contributed by atoms with Crippen molar-refractivity contribution in [3.05, 3.63) is 29.6 Å². The van der Waals surface area contributed by atoms with Gasteiger partial charge in [0, 0.05) is 18.7 Å². The van der Waals surface area contributed by atoms with Crippen molar-refractivity contribution >= 4 is 11.9 Å². The second kappa shape index (κ2) is 6.31. The first kappa shape index (κ1) is 13.5. The van der Waals surface area contributed by atoms with Gasteiger partial charge in [0.25, 0.3) is 0 Å². The molecule has 0 radical (unpaired) electrons. The highest BCUT2D eigenvalue weighted by Crippen LogP contribution is 2.23. The first-order valence-electron chi connectivity index (χ1n) is 6.63. The highest BCUT2D eigenvalue weighted by Gasteiger charge is 2.20. The Balaban J connectivity index is 1.84. The second-order valence-corrected chi connectivity index (χ2v) is 4.91. The van der Waals surface area contributed by atoms with Gasteiger partial charge in [-0.2, -0.15) is 0 Å². The summed E-state index contributed by atoms with van der Waals surface area (Å²) < 4.78 is 0. The van der Waals surface area contributed by atoms with Crippen LogP contribution in [0.4, 0.5) is 0 Å². The molecule has 2 N–H and O–H groups in total. The summed E-state index contributed by atoms with van der Waals surface area (Å²) in [6.07, 6.45) is 6.93. The van der Waals surface area contributed by atoms with E-state index in [1.54, 1.807) is 6.07 Å². The van der Waals surface area contributed by atoms with Gasteiger partial charge in [-0.3, -0.25) is 4.79 Å². The zero-order valence-corrected chi connectivity index (χ0v) is 10.8. The molecule has 0 atom stereocenters. The highest BCUT2D eigenvalue weighted by molar-refractivity contribution is 5.85. The van der Waals surface area contributed by atoms with Crippen molar-refractivity contribution in [1.29, 1.82) is 0 Å². The predicted molar refractivity (Wildman–Crippen MR) is 69.6 cm³/mol. The number of hydrogen-bond acceptors (Lipinski definition) is 3. The Hall–Kier alpha value is -1.91. The third-order valence-corrected chi connectivity index (χ3v) is 3.49. The van der Waals surface area contributed by atoms with E-state index in [0.717, 1.165) is 31.2 Å². The fourth-order valence-corrected chi connectivity index (χ4v) is 2.35. The molecule has 1 heterocycles. The molecule has 1 aliphatic rings. The van der Waals surface area contributed by atoms with Crippen LogP contribution in [0.1, 0.15) is 48.2 Å². The molecule has 5 heteroatoms. The monoisotopic (exact) mass is 262 g/mol. The number of carbonyl (C=O) groups excluding carboxylic acids is 1. The van der Waals surface area contributed by atoms with Crippen molar-refractivity contribution in [3.63, 3.8) is 0 Å². The predicted octanol–water partition coefficient (Wildman–Crippen LogP) is 1.98. The molecule has 19 heavy (non-hydrogen) atoms. The lowest BCUT2D eigenvalue weighted by Crippen LogP contribution is -2.31. The molecule has 0 saturated heterocycles. The number of nitrogens with zero attached hydrogens (tertiary/aromatic N) is 1. The summed E-state index contributed by atoms with van der Waals surface area (Å²) in [6.45, 7) is 0.405. The Morgan fingerprint density at radius 2 is 2.00 bits per heavy atom. The molecule has 1 aromatic rings. The number of rotatable bonds is 4. The third kappa shape index (κ3) is 3.77. The number of aromatic nitrogens is 1. The lowest BCUT2D eigenvalue weighted by molar-refractivity contribution is -0.126. The molecular weight excluding hydrogens is 244 g/mol. The standard InChI is InChI=1S/C14H18N2O3/c17-13(11-4-2-1-3-5-11)16-9-10-6-7-12(14(18)19)15-8-10/h6-8,11H,1-5,9H2,(H,16,17)(H,18,19). The molecule has 0 spiro atoms. The Kier molecular flexibility index (Phi) is 4.49. The van der Waals surface area contributed by atoms with E-state index < -0.39 is 5.97 Å². The van der Waals surface area contributed by atoms with Gasteiger partial charge in [-0.1, -0.05) is 25.3 Å². The number of pyridine rings is 1. The van der Waals surface area contributed by atoms with Gasteiger partial charge < -0.3 is 10.4 Å². The van der Waals surface area contributed by atoms with E-state index in [0.29, 0.717) is 6.54 Å². The fourth-order valence-electron chi connectivity index (χ4n) is 2.35. The zero-order chi connectivity index (χ0) is 13.7. The summed E-state index contributed by atoms with van der Waals surface area (Å²) >= 11 is 0. The molecule has 102 valence electrons. The van der Waals surface area contributed by atoms with Crippen molar-refractivity contribution in [3.8, 4) is 0 Å². The van der Waals surface area contributed by atoms with E-state index >= 15 is 0 Å². The van der Waals surface area contributed by atoms with Gasteiger partial charge in [0.1, 0.15) is 5.69 Å². The van der Waals surface area contributed by atoms with Gasteiger partial charge in [-0.05, 0) is 24.5 Å². The van der Waals surface area contributed by atoms with Crippen molar-refractivity contribution in [2.45, 2.75) is 38.6 Å². The SMILES string of the molecule is O=C(O)c1ccc(CNC(=O)C2CCCCC2)cn1. The number of hydrogen-bond donors (Lipinski definition) is 2. The number of carboxylic acid groups (broad SMARTS) is 1. The molecule has 1 fully saturated rings. The van der Waals surface area contributed by atoms with Crippen molar-refractivity contribution in [2.24, 2.45) is 5.92 Å². The molecule has 1 aliphatic carbocycles. The topological polar surface area (TPSA) is 79.3 Å². The van der Waals surface area contributed by atoms with Gasteiger partial charge in [0.15, 0.2) is 0 Å². The van der Waals surface area contributed by atoms with Crippen LogP contribution in [-0.4, -0.2) is 22.0 Å². The van der Waals surface area contributed by atoms with Crippen LogP contribution in [0.5, 0.6) is 0 Å². The summed E-state index contributed by atoms with van der Waals surface area (Å²) in [7, 11) is 0. The largest absolute Gasteiger partial charge is 0.477 e. The maximum atomic E-state index is 11.9. The molecule has 1 saturated carbocycles. The Morgan fingerprint density at radius 1 is 1.26 bits per heavy atom. The van der Waals surface area contributed by atoms with Crippen molar-refractivity contribution in [1.82, 2.24) is 10.3 Å². The first-order chi connectivity index (χ1) is 9.16. The average molecular weight is 262 g/mol. The zero-order valence-electron chi connectivity index (χ0n) is 10.8. The maximum Gasteiger partial charge on any atom is 0.354 e. The summed E-state index contributed by atoms with van der Waals surface area (Å²) in [5, 5.41) is 11.6. The number of nitrogens with one attached hydrogen (secondary N) is 1. The van der Waals surface area contributed by atoms with Crippen LogP contribution >= 0.6 is 0 Å². The van der Waals surface area contributed by atoms with E-state index in [1.807, 2.05) is 0 Å². The van der Waals surface area contributed by atoms with E-state index in [9.17, 15) is 9.59 Å². The molecule has 2 rings (SSSR count). The van der Waals surface area contributed by atoms with Gasteiger partial charge in [-0.15, -0.1) is 0 Å². The number of carboxylic acids is 1. The summed E-state index contributed by atoms with van der Waals surface area (Å²) in [5.41, 5.74) is 0.830. The highest BCUT2D eigenvalue weighted by atomic mass is 16.4. The Morgan fingerprint density at radius 3 is 2.58 bits per heavy atom. The Labute approximate surface area is 112 Å². The summed E-state index contributed by atoms with van der Waals surface area (Å²) in [6, 6.07) is 3.13. The van der Waals surface area contributed by atoms with Crippen molar-refractivity contribution in [2.75, 3.05) is 0 Å². The molecule has 1 amide bonds. The first-order valence-corrected chi connectivity index (χ1v) is 6.63. The Bertz CT molecular complexity index is 450. The molecule has 0 aromatic carbocycles. The molecule has 0 aliphatic heterocycles. The number of carbonyl (C=O) groups is 2. The van der Waals surface area contributed by atoms with Gasteiger partial charge in [-0.25, -0.2) is 9.78 Å². The van der Waals surface area contributed by atoms with Gasteiger partial charge >= 0.3 is 5.97 Å². The van der Waals surface area contributed by atoms with Crippen LogP contribution in [-0.2, 0) is 11.3 Å². The molecule has 0 unspecified atom stereocenters. The minimum atomic E-state index is -1.04.